The number of nitrogens with zero attached hydrogens (tertiary/aromatic N) is 2. The highest BCUT2D eigenvalue weighted by Crippen LogP contribution is 2.33. The summed E-state index contributed by atoms with van der Waals surface area (Å²) in [6.07, 6.45) is 0.436. The summed E-state index contributed by atoms with van der Waals surface area (Å²) in [7, 11) is 1.72. The molecular formula is C22H27ClN2O2. The minimum absolute atomic E-state index is 0.0288. The number of amides is 1. The second-order valence-corrected chi connectivity index (χ2v) is 7.31. The molecule has 0 spiro atoms. The summed E-state index contributed by atoms with van der Waals surface area (Å²) in [6, 6.07) is 18.0. The Morgan fingerprint density at radius 1 is 1.04 bits per heavy atom. The Morgan fingerprint density at radius 2 is 1.70 bits per heavy atom. The molecule has 1 aliphatic heterocycles. The summed E-state index contributed by atoms with van der Waals surface area (Å²) >= 11 is 6.46. The molecule has 1 saturated heterocycles. The standard InChI is InChI=1S/C22H27ClN2O2/c1-27-16-15-24-11-13-25(14-12-24)22(26)17-20(18-7-3-2-4-8-18)19-9-5-6-10-21(19)23/h2-10,20H,11-17H2,1H3/t20-/m1/s1. The maximum atomic E-state index is 13.0. The molecule has 0 aliphatic carbocycles. The second kappa shape index (κ2) is 9.88. The van der Waals surface area contributed by atoms with Crippen molar-refractivity contribution in [1.82, 2.24) is 9.80 Å². The van der Waals surface area contributed by atoms with E-state index in [0.717, 1.165) is 50.5 Å². The third-order valence-electron chi connectivity index (χ3n) is 5.20. The van der Waals surface area contributed by atoms with Crippen LogP contribution in [0.1, 0.15) is 23.5 Å². The molecule has 0 radical (unpaired) electrons. The normalized spacial score (nSPS) is 16.3. The van der Waals surface area contributed by atoms with Crippen LogP contribution in [0, 0.1) is 0 Å². The Morgan fingerprint density at radius 3 is 2.37 bits per heavy atom. The number of carbonyl (C=O) groups excluding carboxylic acids is 1. The second-order valence-electron chi connectivity index (χ2n) is 6.90. The number of piperazine rings is 1. The minimum atomic E-state index is -0.0288. The van der Waals surface area contributed by atoms with Crippen LogP contribution in [0.25, 0.3) is 0 Å². The smallest absolute Gasteiger partial charge is 0.223 e. The highest BCUT2D eigenvalue weighted by molar-refractivity contribution is 6.31. The molecule has 27 heavy (non-hydrogen) atoms. The van der Waals surface area contributed by atoms with Gasteiger partial charge in [0.1, 0.15) is 0 Å². The largest absolute Gasteiger partial charge is 0.383 e. The van der Waals surface area contributed by atoms with Gasteiger partial charge in [0.2, 0.25) is 5.91 Å². The fourth-order valence-electron chi connectivity index (χ4n) is 3.60. The molecule has 1 fully saturated rings. The van der Waals surface area contributed by atoms with Gasteiger partial charge in [-0.3, -0.25) is 9.69 Å². The molecule has 0 aromatic heterocycles. The van der Waals surface area contributed by atoms with Crippen molar-refractivity contribution >= 4 is 17.5 Å². The number of halogens is 1. The fourth-order valence-corrected chi connectivity index (χ4v) is 3.86. The monoisotopic (exact) mass is 386 g/mol. The van der Waals surface area contributed by atoms with Gasteiger partial charge in [-0.1, -0.05) is 60.1 Å². The van der Waals surface area contributed by atoms with Gasteiger partial charge in [-0.15, -0.1) is 0 Å². The van der Waals surface area contributed by atoms with E-state index in [2.05, 4.69) is 17.0 Å². The van der Waals surface area contributed by atoms with Gasteiger partial charge in [-0.05, 0) is 17.2 Å². The Hall–Kier alpha value is -1.88. The number of carbonyl (C=O) groups is 1. The van der Waals surface area contributed by atoms with Crippen molar-refractivity contribution < 1.29 is 9.53 Å². The van der Waals surface area contributed by atoms with Crippen LogP contribution >= 0.6 is 11.6 Å². The number of methoxy groups -OCH3 is 1. The lowest BCUT2D eigenvalue weighted by molar-refractivity contribution is -0.133. The van der Waals surface area contributed by atoms with Gasteiger partial charge in [0.15, 0.2) is 0 Å². The average molecular weight is 387 g/mol. The van der Waals surface area contributed by atoms with E-state index in [1.165, 1.54) is 0 Å². The third-order valence-corrected chi connectivity index (χ3v) is 5.54. The predicted molar refractivity (Wildman–Crippen MR) is 109 cm³/mol. The lowest BCUT2D eigenvalue weighted by atomic mass is 9.88. The fraction of sp³-hybridized carbons (Fsp3) is 0.409. The van der Waals surface area contributed by atoms with E-state index in [1.807, 2.05) is 47.4 Å². The topological polar surface area (TPSA) is 32.8 Å². The zero-order valence-corrected chi connectivity index (χ0v) is 16.6. The van der Waals surface area contributed by atoms with Crippen LogP contribution in [-0.2, 0) is 9.53 Å². The molecule has 1 heterocycles. The Labute approximate surface area is 166 Å². The molecule has 0 saturated carbocycles. The van der Waals surface area contributed by atoms with Gasteiger partial charge in [0, 0.05) is 57.2 Å². The molecule has 5 heteroatoms. The molecule has 3 rings (SSSR count). The summed E-state index contributed by atoms with van der Waals surface area (Å²) in [5.74, 6) is 0.161. The number of benzene rings is 2. The number of rotatable bonds is 7. The van der Waals surface area contributed by atoms with Gasteiger partial charge >= 0.3 is 0 Å². The Kier molecular flexibility index (Phi) is 7.27. The molecule has 0 N–H and O–H groups in total. The first kappa shape index (κ1) is 19.9. The zero-order valence-electron chi connectivity index (χ0n) is 15.8. The van der Waals surface area contributed by atoms with Crippen molar-refractivity contribution in [3.63, 3.8) is 0 Å². The van der Waals surface area contributed by atoms with Crippen molar-refractivity contribution in [3.8, 4) is 0 Å². The first-order valence-electron chi connectivity index (χ1n) is 9.47. The number of ether oxygens (including phenoxy) is 1. The molecule has 2 aromatic carbocycles. The number of hydrogen-bond acceptors (Lipinski definition) is 3. The van der Waals surface area contributed by atoms with Gasteiger partial charge in [-0.2, -0.15) is 0 Å². The lowest BCUT2D eigenvalue weighted by Crippen LogP contribution is -2.49. The molecule has 1 aliphatic rings. The van der Waals surface area contributed by atoms with E-state index in [9.17, 15) is 4.79 Å². The molecule has 4 nitrogen and oxygen atoms in total. The zero-order chi connectivity index (χ0) is 19.1. The van der Waals surface area contributed by atoms with Gasteiger partial charge < -0.3 is 9.64 Å². The third kappa shape index (κ3) is 5.32. The van der Waals surface area contributed by atoms with Gasteiger partial charge in [-0.25, -0.2) is 0 Å². The molecular weight excluding hydrogens is 360 g/mol. The van der Waals surface area contributed by atoms with E-state index in [1.54, 1.807) is 7.11 Å². The summed E-state index contributed by atoms with van der Waals surface area (Å²) < 4.78 is 5.15. The molecule has 1 amide bonds. The lowest BCUT2D eigenvalue weighted by Gasteiger charge is -2.35. The van der Waals surface area contributed by atoms with Crippen LogP contribution < -0.4 is 0 Å². The first-order chi connectivity index (χ1) is 13.2. The van der Waals surface area contributed by atoms with Crippen molar-refractivity contribution in [2.24, 2.45) is 0 Å². The van der Waals surface area contributed by atoms with Crippen molar-refractivity contribution in [3.05, 3.63) is 70.7 Å². The van der Waals surface area contributed by atoms with Crippen LogP contribution in [-0.4, -0.2) is 62.1 Å². The van der Waals surface area contributed by atoms with Gasteiger partial charge in [0.25, 0.3) is 0 Å². The van der Waals surface area contributed by atoms with E-state index in [-0.39, 0.29) is 11.8 Å². The van der Waals surface area contributed by atoms with Crippen molar-refractivity contribution in [2.45, 2.75) is 12.3 Å². The van der Waals surface area contributed by atoms with Gasteiger partial charge in [0.05, 0.1) is 6.61 Å². The molecule has 0 bridgehead atoms. The van der Waals surface area contributed by atoms with Crippen LogP contribution in [0.15, 0.2) is 54.6 Å². The minimum Gasteiger partial charge on any atom is -0.383 e. The molecule has 0 unspecified atom stereocenters. The Balaban J connectivity index is 1.70. The molecule has 1 atom stereocenters. The van der Waals surface area contributed by atoms with Crippen LogP contribution in [0.5, 0.6) is 0 Å². The van der Waals surface area contributed by atoms with E-state index in [4.69, 9.17) is 16.3 Å². The highest BCUT2D eigenvalue weighted by atomic mass is 35.5. The van der Waals surface area contributed by atoms with E-state index >= 15 is 0 Å². The first-order valence-corrected chi connectivity index (χ1v) is 9.85. The molecule has 2 aromatic rings. The summed E-state index contributed by atoms with van der Waals surface area (Å²) in [5, 5.41) is 0.712. The summed E-state index contributed by atoms with van der Waals surface area (Å²) in [6.45, 7) is 4.99. The van der Waals surface area contributed by atoms with Crippen LogP contribution in [0.4, 0.5) is 0 Å². The predicted octanol–water partition coefficient (Wildman–Crippen LogP) is 3.65. The van der Waals surface area contributed by atoms with E-state index in [0.29, 0.717) is 11.4 Å². The SMILES string of the molecule is COCCN1CCN(C(=O)C[C@H](c2ccccc2)c2ccccc2Cl)CC1. The van der Waals surface area contributed by atoms with Crippen molar-refractivity contribution in [1.29, 1.82) is 0 Å². The van der Waals surface area contributed by atoms with Crippen LogP contribution in [0.3, 0.4) is 0 Å². The maximum Gasteiger partial charge on any atom is 0.223 e. The Bertz CT molecular complexity index is 730. The summed E-state index contributed by atoms with van der Waals surface area (Å²) in [4.78, 5) is 17.4. The summed E-state index contributed by atoms with van der Waals surface area (Å²) in [5.41, 5.74) is 2.13. The van der Waals surface area contributed by atoms with E-state index < -0.39 is 0 Å². The maximum absolute atomic E-state index is 13.0. The highest BCUT2D eigenvalue weighted by Gasteiger charge is 2.26. The average Bonchev–Trinajstić information content (AvgIpc) is 2.72. The van der Waals surface area contributed by atoms with Crippen LogP contribution in [0.2, 0.25) is 5.02 Å². The van der Waals surface area contributed by atoms with Crippen molar-refractivity contribution in [2.75, 3.05) is 46.4 Å². The molecule has 144 valence electrons. The quantitative estimate of drug-likeness (QED) is 0.728. The number of hydrogen-bond donors (Lipinski definition) is 0.